The van der Waals surface area contributed by atoms with Crippen LogP contribution in [0.2, 0.25) is 0 Å². The highest BCUT2D eigenvalue weighted by Crippen LogP contribution is 2.19. The minimum absolute atomic E-state index is 0. The van der Waals surface area contributed by atoms with Gasteiger partial charge in [-0.15, -0.1) is 12.4 Å². The molecular weight excluding hydrogens is 230 g/mol. The number of nitrogens with two attached hydrogens (primary N) is 1. The molecule has 0 fully saturated rings. The summed E-state index contributed by atoms with van der Waals surface area (Å²) in [5, 5.41) is 0. The van der Waals surface area contributed by atoms with Crippen molar-refractivity contribution in [2.75, 3.05) is 14.2 Å². The average Bonchev–Trinajstić information content (AvgIpc) is 2.28. The van der Waals surface area contributed by atoms with Gasteiger partial charge in [-0.2, -0.15) is 0 Å². The molecule has 1 unspecified atom stereocenters. The summed E-state index contributed by atoms with van der Waals surface area (Å²) in [5.74, 6) is 0.415. The van der Waals surface area contributed by atoms with E-state index in [0.717, 1.165) is 11.3 Å². The van der Waals surface area contributed by atoms with Gasteiger partial charge >= 0.3 is 5.97 Å². The summed E-state index contributed by atoms with van der Waals surface area (Å²) in [4.78, 5) is 11.0. The van der Waals surface area contributed by atoms with Crippen LogP contribution in [0.15, 0.2) is 24.3 Å². The maximum absolute atomic E-state index is 11.0. The summed E-state index contributed by atoms with van der Waals surface area (Å²) in [5.41, 5.74) is 6.70. The number of rotatable bonds is 4. The standard InChI is InChI=1S/C11H15NO3.ClH/c1-14-9-5-3-4-8(6-9)10(12)7-11(13)15-2;/h3-6,10H,7,12H2,1-2H3;1H. The highest BCUT2D eigenvalue weighted by atomic mass is 35.5. The Balaban J connectivity index is 0.00000225. The number of carbonyl (C=O) groups excluding carboxylic acids is 1. The lowest BCUT2D eigenvalue weighted by Gasteiger charge is -2.11. The Morgan fingerprint density at radius 1 is 1.44 bits per heavy atom. The number of ether oxygens (including phenoxy) is 2. The smallest absolute Gasteiger partial charge is 0.307 e. The van der Waals surface area contributed by atoms with E-state index in [9.17, 15) is 4.79 Å². The Bertz CT molecular complexity index is 344. The summed E-state index contributed by atoms with van der Waals surface area (Å²) in [7, 11) is 2.94. The molecule has 0 aliphatic carbocycles. The maximum atomic E-state index is 11.0. The molecule has 0 radical (unpaired) electrons. The van der Waals surface area contributed by atoms with Crippen molar-refractivity contribution < 1.29 is 14.3 Å². The minimum Gasteiger partial charge on any atom is -0.497 e. The zero-order chi connectivity index (χ0) is 11.3. The van der Waals surface area contributed by atoms with E-state index in [0.29, 0.717) is 0 Å². The van der Waals surface area contributed by atoms with Crippen molar-refractivity contribution >= 4 is 18.4 Å². The number of carbonyl (C=O) groups is 1. The van der Waals surface area contributed by atoms with E-state index < -0.39 is 0 Å². The average molecular weight is 246 g/mol. The molecule has 1 aromatic carbocycles. The molecule has 0 saturated heterocycles. The van der Waals surface area contributed by atoms with Gasteiger partial charge in [0.15, 0.2) is 0 Å². The fraction of sp³-hybridized carbons (Fsp3) is 0.364. The number of benzene rings is 1. The summed E-state index contributed by atoms with van der Waals surface area (Å²) < 4.78 is 9.61. The summed E-state index contributed by atoms with van der Waals surface area (Å²) >= 11 is 0. The molecule has 1 aromatic rings. The van der Waals surface area contributed by atoms with Crippen LogP contribution >= 0.6 is 12.4 Å². The largest absolute Gasteiger partial charge is 0.497 e. The van der Waals surface area contributed by atoms with E-state index in [1.54, 1.807) is 7.11 Å². The molecule has 5 heteroatoms. The van der Waals surface area contributed by atoms with Gasteiger partial charge in [-0.05, 0) is 17.7 Å². The molecule has 0 spiro atoms. The van der Waals surface area contributed by atoms with Crippen LogP contribution in [-0.4, -0.2) is 20.2 Å². The number of hydrogen-bond donors (Lipinski definition) is 1. The zero-order valence-electron chi connectivity index (χ0n) is 9.30. The molecule has 4 nitrogen and oxygen atoms in total. The van der Waals surface area contributed by atoms with E-state index in [-0.39, 0.29) is 30.8 Å². The van der Waals surface area contributed by atoms with Crippen molar-refractivity contribution in [3.63, 3.8) is 0 Å². The summed E-state index contributed by atoms with van der Waals surface area (Å²) in [6, 6.07) is 6.98. The number of hydrogen-bond acceptors (Lipinski definition) is 4. The van der Waals surface area contributed by atoms with Gasteiger partial charge in [-0.1, -0.05) is 12.1 Å². The second-order valence-corrected chi connectivity index (χ2v) is 3.16. The third-order valence-electron chi connectivity index (χ3n) is 2.14. The van der Waals surface area contributed by atoms with Gasteiger partial charge in [0.05, 0.1) is 20.6 Å². The minimum atomic E-state index is -0.354. The van der Waals surface area contributed by atoms with E-state index in [1.807, 2.05) is 24.3 Å². The number of halogens is 1. The monoisotopic (exact) mass is 245 g/mol. The first-order valence-electron chi connectivity index (χ1n) is 4.63. The van der Waals surface area contributed by atoms with Gasteiger partial charge in [0.2, 0.25) is 0 Å². The van der Waals surface area contributed by atoms with Crippen LogP contribution < -0.4 is 10.5 Å². The lowest BCUT2D eigenvalue weighted by atomic mass is 10.0. The molecule has 90 valence electrons. The van der Waals surface area contributed by atoms with Crippen LogP contribution in [0.1, 0.15) is 18.0 Å². The maximum Gasteiger partial charge on any atom is 0.307 e. The lowest BCUT2D eigenvalue weighted by Crippen LogP contribution is -2.16. The van der Waals surface area contributed by atoms with Gasteiger partial charge in [0.1, 0.15) is 5.75 Å². The second kappa shape index (κ2) is 7.09. The van der Waals surface area contributed by atoms with Gasteiger partial charge < -0.3 is 15.2 Å². The van der Waals surface area contributed by atoms with Crippen LogP contribution in [-0.2, 0) is 9.53 Å². The molecule has 2 N–H and O–H groups in total. The van der Waals surface area contributed by atoms with Crippen LogP contribution in [0.25, 0.3) is 0 Å². The van der Waals surface area contributed by atoms with Crippen LogP contribution in [0, 0.1) is 0 Å². The SMILES string of the molecule is COC(=O)CC(N)c1cccc(OC)c1.Cl. The van der Waals surface area contributed by atoms with E-state index in [4.69, 9.17) is 10.5 Å². The van der Waals surface area contributed by atoms with E-state index in [1.165, 1.54) is 7.11 Å². The lowest BCUT2D eigenvalue weighted by molar-refractivity contribution is -0.141. The second-order valence-electron chi connectivity index (χ2n) is 3.16. The third kappa shape index (κ3) is 4.08. The first-order chi connectivity index (χ1) is 7.17. The number of esters is 1. The van der Waals surface area contributed by atoms with Crippen LogP contribution in [0.3, 0.4) is 0 Å². The van der Waals surface area contributed by atoms with Crippen molar-refractivity contribution in [2.24, 2.45) is 5.73 Å². The molecule has 0 aliphatic heterocycles. The molecule has 1 rings (SSSR count). The Labute approximate surface area is 101 Å². The van der Waals surface area contributed by atoms with E-state index >= 15 is 0 Å². The predicted octanol–water partition coefficient (Wildman–Crippen LogP) is 1.68. The first kappa shape index (κ1) is 14.7. The molecular formula is C11H16ClNO3. The highest BCUT2D eigenvalue weighted by molar-refractivity contribution is 5.85. The van der Waals surface area contributed by atoms with Gasteiger partial charge in [-0.25, -0.2) is 0 Å². The van der Waals surface area contributed by atoms with Crippen LogP contribution in [0.5, 0.6) is 5.75 Å². The Morgan fingerprint density at radius 3 is 2.69 bits per heavy atom. The normalized spacial score (nSPS) is 11.2. The summed E-state index contributed by atoms with van der Waals surface area (Å²) in [6.45, 7) is 0. The molecule has 0 amide bonds. The van der Waals surface area contributed by atoms with Gasteiger partial charge in [0.25, 0.3) is 0 Å². The summed E-state index contributed by atoms with van der Waals surface area (Å²) in [6.07, 6.45) is 0.170. The third-order valence-corrected chi connectivity index (χ3v) is 2.14. The molecule has 0 aromatic heterocycles. The zero-order valence-corrected chi connectivity index (χ0v) is 10.1. The quantitative estimate of drug-likeness (QED) is 0.820. The topological polar surface area (TPSA) is 61.5 Å². The van der Waals surface area contributed by atoms with Crippen molar-refractivity contribution in [1.29, 1.82) is 0 Å². The molecule has 0 bridgehead atoms. The molecule has 16 heavy (non-hydrogen) atoms. The van der Waals surface area contributed by atoms with Gasteiger partial charge in [-0.3, -0.25) is 4.79 Å². The number of methoxy groups -OCH3 is 2. The highest BCUT2D eigenvalue weighted by Gasteiger charge is 2.12. The van der Waals surface area contributed by atoms with Crippen molar-refractivity contribution in [3.05, 3.63) is 29.8 Å². The van der Waals surface area contributed by atoms with E-state index in [2.05, 4.69) is 4.74 Å². The Morgan fingerprint density at radius 2 is 2.12 bits per heavy atom. The van der Waals surface area contributed by atoms with Crippen molar-refractivity contribution in [3.8, 4) is 5.75 Å². The molecule has 0 saturated carbocycles. The van der Waals surface area contributed by atoms with Crippen molar-refractivity contribution in [1.82, 2.24) is 0 Å². The fourth-order valence-corrected chi connectivity index (χ4v) is 1.25. The van der Waals surface area contributed by atoms with Gasteiger partial charge in [0, 0.05) is 6.04 Å². The molecule has 0 aliphatic rings. The molecule has 1 atom stereocenters. The Hall–Kier alpha value is -1.26. The molecule has 0 heterocycles. The fourth-order valence-electron chi connectivity index (χ4n) is 1.25. The van der Waals surface area contributed by atoms with Crippen molar-refractivity contribution in [2.45, 2.75) is 12.5 Å². The van der Waals surface area contributed by atoms with Crippen LogP contribution in [0.4, 0.5) is 0 Å². The first-order valence-corrected chi connectivity index (χ1v) is 4.63. The Kier molecular flexibility index (Phi) is 6.53. The predicted molar refractivity (Wildman–Crippen MR) is 63.8 cm³/mol.